The maximum atomic E-state index is 13.3. The maximum Gasteiger partial charge on any atom is 0.253 e. The van der Waals surface area contributed by atoms with Gasteiger partial charge in [0.25, 0.3) is 5.91 Å². The highest BCUT2D eigenvalue weighted by Crippen LogP contribution is 2.31. The van der Waals surface area contributed by atoms with Crippen molar-refractivity contribution in [2.45, 2.75) is 5.66 Å². The zero-order valence-corrected chi connectivity index (χ0v) is 15.6. The normalized spacial score (nSPS) is 14.2. The Morgan fingerprint density at radius 3 is 1.90 bits per heavy atom. The van der Waals surface area contributed by atoms with E-state index in [4.69, 9.17) is 4.74 Å². The molecule has 1 aliphatic rings. The number of methoxy groups -OCH3 is 1. The van der Waals surface area contributed by atoms with Gasteiger partial charge in [0.05, 0.1) is 7.11 Å². The molecule has 0 radical (unpaired) electrons. The van der Waals surface area contributed by atoms with E-state index in [0.29, 0.717) is 17.0 Å². The molecule has 1 amide bonds. The lowest BCUT2D eigenvalue weighted by Crippen LogP contribution is -2.62. The number of para-hydroxylation sites is 1. The minimum absolute atomic E-state index is 0.274. The first-order chi connectivity index (χ1) is 14.0. The molecule has 144 valence electrons. The number of anilines is 1. The highest BCUT2D eigenvalue weighted by Gasteiger charge is 2.54. The molecule has 0 saturated carbocycles. The second kappa shape index (κ2) is 7.24. The summed E-state index contributed by atoms with van der Waals surface area (Å²) >= 11 is 0. The predicted octanol–water partition coefficient (Wildman–Crippen LogP) is 3.31. The maximum absolute atomic E-state index is 13.3. The molecule has 0 heterocycles. The first-order valence-corrected chi connectivity index (χ1v) is 9.03. The molecular weight excluding hydrogens is 368 g/mol. The predicted molar refractivity (Wildman–Crippen MR) is 108 cm³/mol. The average Bonchev–Trinajstić information content (AvgIpc) is 2.97. The Bertz CT molecular complexity index is 1060. The molecule has 6 nitrogen and oxygen atoms in total. The van der Waals surface area contributed by atoms with Crippen LogP contribution in [-0.4, -0.2) is 30.2 Å². The number of fused-ring (bicyclic) bond motifs is 1. The molecule has 0 atom stereocenters. The summed E-state index contributed by atoms with van der Waals surface area (Å²) in [5, 5.41) is 5.62. The summed E-state index contributed by atoms with van der Waals surface area (Å²) < 4.78 is 5.11. The summed E-state index contributed by atoms with van der Waals surface area (Å²) in [4.78, 5) is 39.5. The Kier molecular flexibility index (Phi) is 4.60. The molecule has 0 spiro atoms. The summed E-state index contributed by atoms with van der Waals surface area (Å²) in [5.41, 5.74) is -0.525. The van der Waals surface area contributed by atoms with Gasteiger partial charge >= 0.3 is 0 Å². The number of amides is 1. The number of Topliss-reactive ketones (excluding diaryl/α,β-unsaturated/α-hetero) is 2. The summed E-state index contributed by atoms with van der Waals surface area (Å²) in [6.07, 6.45) is 0. The van der Waals surface area contributed by atoms with Gasteiger partial charge in [-0.05, 0) is 36.4 Å². The van der Waals surface area contributed by atoms with Crippen LogP contribution in [0.2, 0.25) is 0 Å². The van der Waals surface area contributed by atoms with Gasteiger partial charge in [-0.15, -0.1) is 0 Å². The van der Waals surface area contributed by atoms with E-state index in [0.717, 1.165) is 0 Å². The van der Waals surface area contributed by atoms with Crippen molar-refractivity contribution in [2.75, 3.05) is 12.4 Å². The topological polar surface area (TPSA) is 84.5 Å². The standard InChI is InChI=1S/C23H18N2O4/c1-29-17-13-11-15(12-14-17)22(28)25-23(24-16-7-3-2-4-8-16)20(26)18-9-5-6-10-19(18)21(23)27/h2-14,24H,1H3,(H,25,28). The lowest BCUT2D eigenvalue weighted by Gasteiger charge is -2.29. The monoisotopic (exact) mass is 386 g/mol. The first-order valence-electron chi connectivity index (χ1n) is 9.03. The summed E-state index contributed by atoms with van der Waals surface area (Å²) in [6, 6.07) is 21.8. The van der Waals surface area contributed by atoms with Crippen molar-refractivity contribution < 1.29 is 19.1 Å². The van der Waals surface area contributed by atoms with E-state index in [2.05, 4.69) is 10.6 Å². The fourth-order valence-electron chi connectivity index (χ4n) is 3.37. The van der Waals surface area contributed by atoms with E-state index in [1.165, 1.54) is 7.11 Å². The minimum atomic E-state index is -1.91. The fourth-order valence-corrected chi connectivity index (χ4v) is 3.37. The second-order valence-corrected chi connectivity index (χ2v) is 6.63. The van der Waals surface area contributed by atoms with Crippen LogP contribution in [0, 0.1) is 0 Å². The quantitative estimate of drug-likeness (QED) is 0.519. The number of nitrogens with one attached hydrogen (secondary N) is 2. The number of carbonyl (C=O) groups excluding carboxylic acids is 3. The third kappa shape index (κ3) is 3.14. The number of hydrogen-bond donors (Lipinski definition) is 2. The zero-order chi connectivity index (χ0) is 20.4. The molecule has 3 aromatic carbocycles. The molecule has 3 aromatic rings. The van der Waals surface area contributed by atoms with Crippen molar-refractivity contribution in [1.29, 1.82) is 0 Å². The third-order valence-corrected chi connectivity index (χ3v) is 4.86. The number of benzene rings is 3. The van der Waals surface area contributed by atoms with Gasteiger partial charge in [0.1, 0.15) is 5.75 Å². The van der Waals surface area contributed by atoms with E-state index in [1.54, 1.807) is 72.8 Å². The Hall–Kier alpha value is -3.93. The van der Waals surface area contributed by atoms with Crippen LogP contribution in [0.1, 0.15) is 31.1 Å². The number of rotatable bonds is 5. The molecule has 29 heavy (non-hydrogen) atoms. The largest absolute Gasteiger partial charge is 0.497 e. The van der Waals surface area contributed by atoms with Crippen molar-refractivity contribution in [3.8, 4) is 5.75 Å². The first kappa shape index (κ1) is 18.4. The molecule has 1 aliphatic carbocycles. The van der Waals surface area contributed by atoms with E-state index >= 15 is 0 Å². The number of ether oxygens (including phenoxy) is 1. The molecule has 6 heteroatoms. The Morgan fingerprint density at radius 2 is 1.34 bits per heavy atom. The van der Waals surface area contributed by atoms with E-state index < -0.39 is 23.1 Å². The highest BCUT2D eigenvalue weighted by atomic mass is 16.5. The summed E-state index contributed by atoms with van der Waals surface area (Å²) in [7, 11) is 1.53. The lowest BCUT2D eigenvalue weighted by atomic mass is 10.0. The molecule has 0 saturated heterocycles. The summed E-state index contributed by atoms with van der Waals surface area (Å²) in [6.45, 7) is 0. The van der Waals surface area contributed by atoms with Gasteiger partial charge in [-0.25, -0.2) is 0 Å². The van der Waals surface area contributed by atoms with Crippen LogP contribution in [0.4, 0.5) is 5.69 Å². The van der Waals surface area contributed by atoms with Gasteiger partial charge in [0.15, 0.2) is 0 Å². The smallest absolute Gasteiger partial charge is 0.253 e. The number of ketones is 2. The third-order valence-electron chi connectivity index (χ3n) is 4.86. The Morgan fingerprint density at radius 1 is 0.793 bits per heavy atom. The molecule has 0 aliphatic heterocycles. The van der Waals surface area contributed by atoms with Crippen LogP contribution < -0.4 is 15.4 Å². The zero-order valence-electron chi connectivity index (χ0n) is 15.6. The highest BCUT2D eigenvalue weighted by molar-refractivity contribution is 6.35. The van der Waals surface area contributed by atoms with Crippen molar-refractivity contribution in [3.63, 3.8) is 0 Å². The van der Waals surface area contributed by atoms with Crippen LogP contribution in [0.25, 0.3) is 0 Å². The molecule has 0 unspecified atom stereocenters. The Labute approximate surface area is 167 Å². The molecule has 2 N–H and O–H groups in total. The van der Waals surface area contributed by atoms with Crippen LogP contribution in [-0.2, 0) is 0 Å². The van der Waals surface area contributed by atoms with Gasteiger partial charge < -0.3 is 15.4 Å². The SMILES string of the molecule is COc1ccc(C(=O)NC2(Nc3ccccc3)C(=O)c3ccccc3C2=O)cc1. The van der Waals surface area contributed by atoms with Gasteiger partial charge in [0, 0.05) is 22.4 Å². The van der Waals surface area contributed by atoms with Crippen molar-refractivity contribution >= 4 is 23.2 Å². The molecule has 0 bridgehead atoms. The van der Waals surface area contributed by atoms with E-state index in [1.807, 2.05) is 6.07 Å². The molecule has 0 fully saturated rings. The second-order valence-electron chi connectivity index (χ2n) is 6.63. The van der Waals surface area contributed by atoms with Crippen LogP contribution >= 0.6 is 0 Å². The van der Waals surface area contributed by atoms with E-state index in [-0.39, 0.29) is 11.1 Å². The van der Waals surface area contributed by atoms with Crippen molar-refractivity contribution in [2.24, 2.45) is 0 Å². The lowest BCUT2D eigenvalue weighted by molar-refractivity contribution is 0.0726. The van der Waals surface area contributed by atoms with Crippen LogP contribution in [0.15, 0.2) is 78.9 Å². The van der Waals surface area contributed by atoms with Gasteiger partial charge in [-0.1, -0.05) is 42.5 Å². The van der Waals surface area contributed by atoms with Crippen LogP contribution in [0.5, 0.6) is 5.75 Å². The number of hydrogen-bond acceptors (Lipinski definition) is 5. The minimum Gasteiger partial charge on any atom is -0.497 e. The average molecular weight is 386 g/mol. The number of carbonyl (C=O) groups is 3. The molecule has 0 aromatic heterocycles. The van der Waals surface area contributed by atoms with Gasteiger partial charge in [-0.3, -0.25) is 14.4 Å². The molecule has 4 rings (SSSR count). The van der Waals surface area contributed by atoms with Crippen molar-refractivity contribution in [1.82, 2.24) is 5.32 Å². The van der Waals surface area contributed by atoms with Gasteiger partial charge in [0.2, 0.25) is 17.2 Å². The molecular formula is C23H18N2O4. The van der Waals surface area contributed by atoms with Crippen LogP contribution in [0.3, 0.4) is 0 Å². The summed E-state index contributed by atoms with van der Waals surface area (Å²) in [5.74, 6) is -0.947. The van der Waals surface area contributed by atoms with Gasteiger partial charge in [-0.2, -0.15) is 0 Å². The fraction of sp³-hybridized carbons (Fsp3) is 0.0870. The Balaban J connectivity index is 1.74. The van der Waals surface area contributed by atoms with Crippen molar-refractivity contribution in [3.05, 3.63) is 95.6 Å². The van der Waals surface area contributed by atoms with E-state index in [9.17, 15) is 14.4 Å².